The molecule has 5 heteroatoms. The van der Waals surface area contributed by atoms with Crippen molar-refractivity contribution in [2.24, 2.45) is 0 Å². The van der Waals surface area contributed by atoms with Gasteiger partial charge in [-0.15, -0.1) is 0 Å². The topological polar surface area (TPSA) is 63.2 Å². The van der Waals surface area contributed by atoms with E-state index in [2.05, 4.69) is 15.6 Å². The minimum Gasteiger partial charge on any atom is -0.489 e. The summed E-state index contributed by atoms with van der Waals surface area (Å²) in [4.78, 5) is 16.7. The van der Waals surface area contributed by atoms with Gasteiger partial charge in [-0.2, -0.15) is 0 Å². The number of nitrogens with one attached hydrogen (secondary N) is 2. The molecule has 1 heterocycles. The number of aromatic nitrogens is 1. The highest BCUT2D eigenvalue weighted by molar-refractivity contribution is 6.00. The Morgan fingerprint density at radius 3 is 2.65 bits per heavy atom. The molecular weight excluding hydrogens is 326 g/mol. The van der Waals surface area contributed by atoms with Crippen molar-refractivity contribution in [1.82, 2.24) is 4.98 Å². The number of carbonyl (C=O) groups excluding carboxylic acids is 1. The minimum absolute atomic E-state index is 0.0575. The molecular formula is C21H23N3O2. The Morgan fingerprint density at radius 1 is 1.04 bits per heavy atom. The van der Waals surface area contributed by atoms with Gasteiger partial charge in [-0.25, -0.2) is 0 Å². The molecule has 3 rings (SSSR count). The normalized spacial score (nSPS) is 10.7. The third-order valence-electron chi connectivity index (χ3n) is 3.82. The Balaban J connectivity index is 1.58. The van der Waals surface area contributed by atoms with E-state index in [0.29, 0.717) is 13.0 Å². The molecule has 0 fully saturated rings. The molecule has 2 N–H and O–H groups in total. The molecule has 0 aliphatic rings. The van der Waals surface area contributed by atoms with Crippen LogP contribution in [0.4, 0.5) is 11.4 Å². The van der Waals surface area contributed by atoms with Gasteiger partial charge in [-0.1, -0.05) is 30.3 Å². The monoisotopic (exact) mass is 349 g/mol. The average Bonchev–Trinajstić information content (AvgIpc) is 2.63. The van der Waals surface area contributed by atoms with Gasteiger partial charge in [0, 0.05) is 24.5 Å². The lowest BCUT2D eigenvalue weighted by Crippen LogP contribution is -2.17. The molecule has 1 amide bonds. The van der Waals surface area contributed by atoms with Crippen LogP contribution in [0.1, 0.15) is 20.3 Å². The quantitative estimate of drug-likeness (QED) is 0.661. The van der Waals surface area contributed by atoms with Gasteiger partial charge in [0.1, 0.15) is 5.75 Å². The highest BCUT2D eigenvalue weighted by Gasteiger charge is 2.08. The van der Waals surface area contributed by atoms with Crippen LogP contribution in [0.15, 0.2) is 60.8 Å². The van der Waals surface area contributed by atoms with Crippen LogP contribution in [0.3, 0.4) is 0 Å². The van der Waals surface area contributed by atoms with Crippen molar-refractivity contribution in [3.63, 3.8) is 0 Å². The van der Waals surface area contributed by atoms with E-state index in [1.54, 1.807) is 6.20 Å². The van der Waals surface area contributed by atoms with Gasteiger partial charge < -0.3 is 15.4 Å². The molecule has 2 aromatic carbocycles. The number of ether oxygens (including phenoxy) is 1. The zero-order valence-corrected chi connectivity index (χ0v) is 15.0. The Morgan fingerprint density at radius 2 is 1.81 bits per heavy atom. The van der Waals surface area contributed by atoms with Crippen LogP contribution in [0.5, 0.6) is 5.75 Å². The molecule has 0 radical (unpaired) electrons. The van der Waals surface area contributed by atoms with Gasteiger partial charge in [0.25, 0.3) is 0 Å². The molecule has 0 spiro atoms. The van der Waals surface area contributed by atoms with Crippen molar-refractivity contribution in [1.29, 1.82) is 0 Å². The maximum Gasteiger partial charge on any atom is 0.226 e. The minimum atomic E-state index is -0.0575. The van der Waals surface area contributed by atoms with Crippen molar-refractivity contribution < 1.29 is 9.53 Å². The van der Waals surface area contributed by atoms with Crippen molar-refractivity contribution in [2.75, 3.05) is 17.2 Å². The van der Waals surface area contributed by atoms with E-state index in [0.717, 1.165) is 28.0 Å². The molecule has 0 aliphatic heterocycles. The summed E-state index contributed by atoms with van der Waals surface area (Å²) < 4.78 is 5.78. The van der Waals surface area contributed by atoms with Crippen molar-refractivity contribution >= 4 is 28.2 Å². The highest BCUT2D eigenvalue weighted by atomic mass is 16.5. The molecule has 3 aromatic rings. The van der Waals surface area contributed by atoms with Crippen LogP contribution in [-0.2, 0) is 4.79 Å². The van der Waals surface area contributed by atoms with Gasteiger partial charge >= 0.3 is 0 Å². The van der Waals surface area contributed by atoms with Gasteiger partial charge in [-0.3, -0.25) is 9.78 Å². The number of para-hydroxylation sites is 3. The summed E-state index contributed by atoms with van der Waals surface area (Å²) in [7, 11) is 0. The summed E-state index contributed by atoms with van der Waals surface area (Å²) in [5.41, 5.74) is 2.42. The van der Waals surface area contributed by atoms with Crippen LogP contribution < -0.4 is 15.4 Å². The second kappa shape index (κ2) is 8.34. The zero-order valence-electron chi connectivity index (χ0n) is 15.0. The van der Waals surface area contributed by atoms with E-state index in [-0.39, 0.29) is 12.0 Å². The fraction of sp³-hybridized carbons (Fsp3) is 0.238. The molecule has 26 heavy (non-hydrogen) atoms. The SMILES string of the molecule is CC(C)Oc1ccccc1NCCC(=O)Nc1cccc2cccnc12. The zero-order chi connectivity index (χ0) is 18.4. The average molecular weight is 349 g/mol. The third-order valence-corrected chi connectivity index (χ3v) is 3.82. The van der Waals surface area contributed by atoms with E-state index >= 15 is 0 Å². The van der Waals surface area contributed by atoms with Crippen molar-refractivity contribution in [2.45, 2.75) is 26.4 Å². The standard InChI is InChI=1S/C21H23N3O2/c1-15(2)26-19-11-4-3-9-17(19)22-14-12-20(25)24-18-10-5-7-16-8-6-13-23-21(16)18/h3-11,13,15,22H,12,14H2,1-2H3,(H,24,25). The molecule has 0 bridgehead atoms. The molecule has 5 nitrogen and oxygen atoms in total. The Kier molecular flexibility index (Phi) is 5.69. The summed E-state index contributed by atoms with van der Waals surface area (Å²) in [6, 6.07) is 17.4. The highest BCUT2D eigenvalue weighted by Crippen LogP contribution is 2.25. The molecule has 0 saturated heterocycles. The first kappa shape index (κ1) is 17.7. The molecule has 0 saturated carbocycles. The number of rotatable bonds is 7. The van der Waals surface area contributed by atoms with E-state index in [1.807, 2.05) is 68.4 Å². The van der Waals surface area contributed by atoms with Gasteiger partial charge in [0.15, 0.2) is 0 Å². The summed E-state index contributed by atoms with van der Waals surface area (Å²) in [6.07, 6.45) is 2.17. The van der Waals surface area contributed by atoms with Gasteiger partial charge in [0.2, 0.25) is 5.91 Å². The predicted octanol–water partition coefficient (Wildman–Crippen LogP) is 4.46. The molecule has 0 atom stereocenters. The number of pyridine rings is 1. The number of hydrogen-bond acceptors (Lipinski definition) is 4. The summed E-state index contributed by atoms with van der Waals surface area (Å²) >= 11 is 0. The first-order valence-corrected chi connectivity index (χ1v) is 8.76. The Bertz CT molecular complexity index is 888. The number of anilines is 2. The summed E-state index contributed by atoms with van der Waals surface area (Å²) in [6.45, 7) is 4.49. The second-order valence-corrected chi connectivity index (χ2v) is 6.27. The maximum atomic E-state index is 12.3. The fourth-order valence-corrected chi connectivity index (χ4v) is 2.70. The van der Waals surface area contributed by atoms with Crippen LogP contribution in [-0.4, -0.2) is 23.5 Å². The number of benzene rings is 2. The molecule has 1 aromatic heterocycles. The Labute approximate surface area is 153 Å². The van der Waals surface area contributed by atoms with Crippen LogP contribution in [0.25, 0.3) is 10.9 Å². The molecule has 0 unspecified atom stereocenters. The Hall–Kier alpha value is -3.08. The van der Waals surface area contributed by atoms with E-state index in [9.17, 15) is 4.79 Å². The lowest BCUT2D eigenvalue weighted by Gasteiger charge is -2.15. The van der Waals surface area contributed by atoms with Gasteiger partial charge in [-0.05, 0) is 38.1 Å². The molecule has 134 valence electrons. The van der Waals surface area contributed by atoms with Gasteiger partial charge in [0.05, 0.1) is 23.0 Å². The van der Waals surface area contributed by atoms with Crippen molar-refractivity contribution in [3.05, 3.63) is 60.8 Å². The lowest BCUT2D eigenvalue weighted by molar-refractivity contribution is -0.115. The van der Waals surface area contributed by atoms with Crippen LogP contribution in [0.2, 0.25) is 0 Å². The fourth-order valence-electron chi connectivity index (χ4n) is 2.70. The van der Waals surface area contributed by atoms with E-state index in [4.69, 9.17) is 4.74 Å². The first-order valence-electron chi connectivity index (χ1n) is 8.76. The summed E-state index contributed by atoms with van der Waals surface area (Å²) in [5.74, 6) is 0.735. The third kappa shape index (κ3) is 4.51. The first-order chi connectivity index (χ1) is 12.6. The number of amides is 1. The van der Waals surface area contributed by atoms with E-state index < -0.39 is 0 Å². The summed E-state index contributed by atoms with van der Waals surface area (Å²) in [5, 5.41) is 7.22. The smallest absolute Gasteiger partial charge is 0.226 e. The number of fused-ring (bicyclic) bond motifs is 1. The largest absolute Gasteiger partial charge is 0.489 e. The predicted molar refractivity (Wildman–Crippen MR) is 106 cm³/mol. The lowest BCUT2D eigenvalue weighted by atomic mass is 10.2. The van der Waals surface area contributed by atoms with Crippen LogP contribution in [0, 0.1) is 0 Å². The van der Waals surface area contributed by atoms with E-state index in [1.165, 1.54) is 0 Å². The number of carbonyl (C=O) groups is 1. The maximum absolute atomic E-state index is 12.3. The van der Waals surface area contributed by atoms with Crippen molar-refractivity contribution in [3.8, 4) is 5.75 Å². The number of nitrogens with zero attached hydrogens (tertiary/aromatic N) is 1. The van der Waals surface area contributed by atoms with Crippen LogP contribution >= 0.6 is 0 Å². The second-order valence-electron chi connectivity index (χ2n) is 6.27. The number of hydrogen-bond donors (Lipinski definition) is 2. The molecule has 0 aliphatic carbocycles.